The molecule has 2 amide bonds. The Bertz CT molecular complexity index is 870. The highest BCUT2D eigenvalue weighted by Crippen LogP contribution is 2.26. The molecule has 0 heterocycles. The Kier molecular flexibility index (Phi) is 9.67. The number of carbonyl (C=O) groups is 2. The average molecular weight is 477 g/mol. The standard InChI is InChI=1S/C23H29BrN2O4/c1-4-5-6-7-13-29-21-12-11-18(14-19(21)24)23(28)26-25-22(27)15-30-20-10-8-9-16(2)17(20)3/h8-12,14H,4-7,13,15H2,1-3H3,(H,25,27)(H,26,28). The highest BCUT2D eigenvalue weighted by molar-refractivity contribution is 9.10. The van der Waals surface area contributed by atoms with Crippen LogP contribution in [-0.4, -0.2) is 25.0 Å². The fourth-order valence-corrected chi connectivity index (χ4v) is 3.22. The molecule has 162 valence electrons. The number of hydrazine groups is 1. The molecule has 0 radical (unpaired) electrons. The van der Waals surface area contributed by atoms with Crippen LogP contribution in [-0.2, 0) is 4.79 Å². The van der Waals surface area contributed by atoms with Crippen molar-refractivity contribution < 1.29 is 19.1 Å². The van der Waals surface area contributed by atoms with Crippen LogP contribution in [0.1, 0.15) is 54.1 Å². The van der Waals surface area contributed by atoms with Crippen LogP contribution in [0.25, 0.3) is 0 Å². The normalized spacial score (nSPS) is 10.4. The molecule has 0 unspecified atom stereocenters. The number of ether oxygens (including phenoxy) is 2. The van der Waals surface area contributed by atoms with Crippen LogP contribution in [0.2, 0.25) is 0 Å². The Morgan fingerprint density at radius 3 is 2.50 bits per heavy atom. The Morgan fingerprint density at radius 2 is 1.77 bits per heavy atom. The molecule has 0 atom stereocenters. The lowest BCUT2D eigenvalue weighted by molar-refractivity contribution is -0.123. The van der Waals surface area contributed by atoms with Gasteiger partial charge in [-0.3, -0.25) is 20.4 Å². The summed E-state index contributed by atoms with van der Waals surface area (Å²) in [6, 6.07) is 10.7. The summed E-state index contributed by atoms with van der Waals surface area (Å²) < 4.78 is 12.0. The van der Waals surface area contributed by atoms with E-state index >= 15 is 0 Å². The van der Waals surface area contributed by atoms with Gasteiger partial charge in [-0.25, -0.2) is 0 Å². The van der Waals surface area contributed by atoms with Crippen molar-refractivity contribution in [1.29, 1.82) is 0 Å². The van der Waals surface area contributed by atoms with Gasteiger partial charge in [-0.05, 0) is 71.6 Å². The lowest BCUT2D eigenvalue weighted by Gasteiger charge is -2.12. The number of benzene rings is 2. The van der Waals surface area contributed by atoms with Crippen molar-refractivity contribution in [2.75, 3.05) is 13.2 Å². The molecule has 2 N–H and O–H groups in total. The predicted octanol–water partition coefficient (Wildman–Crippen LogP) is 4.87. The maximum atomic E-state index is 12.3. The number of amides is 2. The van der Waals surface area contributed by atoms with Crippen LogP contribution in [0.15, 0.2) is 40.9 Å². The molecule has 0 aromatic heterocycles. The number of nitrogens with one attached hydrogen (secondary N) is 2. The van der Waals surface area contributed by atoms with E-state index in [4.69, 9.17) is 9.47 Å². The summed E-state index contributed by atoms with van der Waals surface area (Å²) >= 11 is 3.43. The molecule has 0 aliphatic carbocycles. The minimum atomic E-state index is -0.449. The second kappa shape index (κ2) is 12.2. The molecule has 0 fully saturated rings. The molecule has 7 heteroatoms. The van der Waals surface area contributed by atoms with Gasteiger partial charge in [0.25, 0.3) is 11.8 Å². The van der Waals surface area contributed by atoms with Gasteiger partial charge in [-0.15, -0.1) is 0 Å². The van der Waals surface area contributed by atoms with Crippen molar-refractivity contribution in [2.45, 2.75) is 46.5 Å². The minimum Gasteiger partial charge on any atom is -0.492 e. The first-order valence-corrected chi connectivity index (χ1v) is 10.9. The summed E-state index contributed by atoms with van der Waals surface area (Å²) in [7, 11) is 0. The smallest absolute Gasteiger partial charge is 0.276 e. The van der Waals surface area contributed by atoms with Crippen LogP contribution in [0.3, 0.4) is 0 Å². The van der Waals surface area contributed by atoms with E-state index in [1.54, 1.807) is 24.3 Å². The van der Waals surface area contributed by atoms with E-state index in [-0.39, 0.29) is 6.61 Å². The summed E-state index contributed by atoms with van der Waals surface area (Å²) in [5.41, 5.74) is 7.22. The van der Waals surface area contributed by atoms with Gasteiger partial charge in [0.15, 0.2) is 6.61 Å². The van der Waals surface area contributed by atoms with Gasteiger partial charge in [-0.1, -0.05) is 38.3 Å². The molecule has 2 rings (SSSR count). The number of carbonyl (C=O) groups excluding carboxylic acids is 2. The van der Waals surface area contributed by atoms with Gasteiger partial charge in [-0.2, -0.15) is 0 Å². The Balaban J connectivity index is 1.79. The van der Waals surface area contributed by atoms with Gasteiger partial charge < -0.3 is 9.47 Å². The fourth-order valence-electron chi connectivity index (χ4n) is 2.73. The van der Waals surface area contributed by atoms with E-state index in [9.17, 15) is 9.59 Å². The Hall–Kier alpha value is -2.54. The minimum absolute atomic E-state index is 0.195. The number of aryl methyl sites for hydroxylation is 1. The van der Waals surface area contributed by atoms with E-state index in [1.807, 2.05) is 26.0 Å². The molecule has 0 aliphatic heterocycles. The third kappa shape index (κ3) is 7.37. The maximum absolute atomic E-state index is 12.3. The van der Waals surface area contributed by atoms with E-state index in [0.29, 0.717) is 28.1 Å². The number of unbranched alkanes of at least 4 members (excludes halogenated alkanes) is 3. The molecule has 0 saturated carbocycles. The first-order valence-electron chi connectivity index (χ1n) is 10.1. The summed E-state index contributed by atoms with van der Waals surface area (Å²) in [6.07, 6.45) is 4.52. The second-order valence-electron chi connectivity index (χ2n) is 7.04. The first-order chi connectivity index (χ1) is 14.4. The molecule has 0 bridgehead atoms. The van der Waals surface area contributed by atoms with Crippen molar-refractivity contribution >= 4 is 27.7 Å². The highest BCUT2D eigenvalue weighted by atomic mass is 79.9. The zero-order valence-electron chi connectivity index (χ0n) is 17.7. The molecule has 0 saturated heterocycles. The third-order valence-electron chi connectivity index (χ3n) is 4.68. The van der Waals surface area contributed by atoms with Crippen molar-refractivity contribution in [3.8, 4) is 11.5 Å². The lowest BCUT2D eigenvalue weighted by Crippen LogP contribution is -2.43. The van der Waals surface area contributed by atoms with Crippen LogP contribution >= 0.6 is 15.9 Å². The van der Waals surface area contributed by atoms with Crippen molar-refractivity contribution in [3.05, 3.63) is 57.6 Å². The topological polar surface area (TPSA) is 76.7 Å². The SMILES string of the molecule is CCCCCCOc1ccc(C(=O)NNC(=O)COc2cccc(C)c2C)cc1Br. The second-order valence-corrected chi connectivity index (χ2v) is 7.90. The number of hydrogen-bond donors (Lipinski definition) is 2. The molecular formula is C23H29BrN2O4. The molecule has 2 aromatic carbocycles. The van der Waals surface area contributed by atoms with Crippen molar-refractivity contribution in [2.24, 2.45) is 0 Å². The van der Waals surface area contributed by atoms with Gasteiger partial charge in [0.2, 0.25) is 0 Å². The largest absolute Gasteiger partial charge is 0.492 e. The van der Waals surface area contributed by atoms with Crippen LogP contribution < -0.4 is 20.3 Å². The van der Waals surface area contributed by atoms with E-state index in [2.05, 4.69) is 33.7 Å². The quantitative estimate of drug-likeness (QED) is 0.378. The van der Waals surface area contributed by atoms with Crippen LogP contribution in [0.5, 0.6) is 11.5 Å². The summed E-state index contributed by atoms with van der Waals surface area (Å²) in [6.45, 7) is 6.52. The molecule has 6 nitrogen and oxygen atoms in total. The number of hydrogen-bond acceptors (Lipinski definition) is 4. The summed E-state index contributed by atoms with van der Waals surface area (Å²) in [4.78, 5) is 24.3. The summed E-state index contributed by atoms with van der Waals surface area (Å²) in [5, 5.41) is 0. The van der Waals surface area contributed by atoms with Crippen molar-refractivity contribution in [1.82, 2.24) is 10.9 Å². The molecule has 30 heavy (non-hydrogen) atoms. The third-order valence-corrected chi connectivity index (χ3v) is 5.30. The van der Waals surface area contributed by atoms with Crippen LogP contribution in [0.4, 0.5) is 0 Å². The number of rotatable bonds is 10. The predicted molar refractivity (Wildman–Crippen MR) is 121 cm³/mol. The van der Waals surface area contributed by atoms with E-state index < -0.39 is 11.8 Å². The van der Waals surface area contributed by atoms with Gasteiger partial charge >= 0.3 is 0 Å². The zero-order chi connectivity index (χ0) is 21.9. The Labute approximate surface area is 186 Å². The summed E-state index contributed by atoms with van der Waals surface area (Å²) in [5.74, 6) is 0.459. The average Bonchev–Trinajstić information content (AvgIpc) is 2.73. The van der Waals surface area contributed by atoms with Gasteiger partial charge in [0, 0.05) is 5.56 Å². The highest BCUT2D eigenvalue weighted by Gasteiger charge is 2.11. The van der Waals surface area contributed by atoms with Gasteiger partial charge in [0.05, 0.1) is 11.1 Å². The molecule has 0 spiro atoms. The van der Waals surface area contributed by atoms with Crippen molar-refractivity contribution in [3.63, 3.8) is 0 Å². The van der Waals surface area contributed by atoms with Gasteiger partial charge in [0.1, 0.15) is 11.5 Å². The van der Waals surface area contributed by atoms with Crippen LogP contribution in [0, 0.1) is 13.8 Å². The zero-order valence-corrected chi connectivity index (χ0v) is 19.3. The van der Waals surface area contributed by atoms with E-state index in [1.165, 1.54) is 12.8 Å². The lowest BCUT2D eigenvalue weighted by atomic mass is 10.1. The maximum Gasteiger partial charge on any atom is 0.276 e. The number of halogens is 1. The fraction of sp³-hybridized carbons (Fsp3) is 0.391. The van der Waals surface area contributed by atoms with E-state index in [0.717, 1.165) is 24.0 Å². The Morgan fingerprint density at radius 1 is 0.967 bits per heavy atom. The molecule has 0 aliphatic rings. The monoisotopic (exact) mass is 476 g/mol. The first kappa shape index (κ1) is 23.7. The molecular weight excluding hydrogens is 448 g/mol. The molecule has 2 aromatic rings.